The minimum atomic E-state index is -2.56. The molecule has 0 bridgehead atoms. The van der Waals surface area contributed by atoms with E-state index in [4.69, 9.17) is 0 Å². The number of hydrogen-bond acceptors (Lipinski definition) is 4. The number of halogens is 2. The summed E-state index contributed by atoms with van der Waals surface area (Å²) in [7, 11) is 0. The number of aryl methyl sites for hydroxylation is 1. The maximum atomic E-state index is 12.0. The molecule has 0 aliphatic carbocycles. The van der Waals surface area contributed by atoms with E-state index in [9.17, 15) is 13.6 Å². The topological polar surface area (TPSA) is 54.9 Å². The van der Waals surface area contributed by atoms with E-state index in [2.05, 4.69) is 15.3 Å². The number of hydrogen-bond donors (Lipinski definition) is 1. The molecule has 19 heavy (non-hydrogen) atoms. The molecule has 0 aliphatic rings. The van der Waals surface area contributed by atoms with Crippen LogP contribution in [0.25, 0.3) is 10.6 Å². The molecule has 0 unspecified atom stereocenters. The highest BCUT2D eigenvalue weighted by Gasteiger charge is 2.17. The van der Waals surface area contributed by atoms with Gasteiger partial charge in [-0.05, 0) is 19.1 Å². The lowest BCUT2D eigenvalue weighted by molar-refractivity contribution is 0.0895. The average molecular weight is 283 g/mol. The number of nitrogens with zero attached hydrogens (tertiary/aromatic N) is 2. The van der Waals surface area contributed by atoms with Gasteiger partial charge in [0.05, 0.1) is 12.2 Å². The molecule has 1 N–H and O–H groups in total. The molecule has 2 heterocycles. The van der Waals surface area contributed by atoms with Crippen LogP contribution in [0.15, 0.2) is 24.5 Å². The van der Waals surface area contributed by atoms with Crippen molar-refractivity contribution in [3.63, 3.8) is 0 Å². The Balaban J connectivity index is 2.20. The van der Waals surface area contributed by atoms with Gasteiger partial charge in [-0.25, -0.2) is 13.8 Å². The Hall–Kier alpha value is -1.89. The number of rotatable bonds is 4. The lowest BCUT2D eigenvalue weighted by Crippen LogP contribution is -2.28. The summed E-state index contributed by atoms with van der Waals surface area (Å²) in [5, 5.41) is 2.82. The van der Waals surface area contributed by atoms with Crippen molar-refractivity contribution < 1.29 is 13.6 Å². The van der Waals surface area contributed by atoms with Crippen molar-refractivity contribution in [2.45, 2.75) is 13.3 Å². The predicted octanol–water partition coefficient (Wildman–Crippen LogP) is 2.51. The predicted molar refractivity (Wildman–Crippen MR) is 68.4 cm³/mol. The minimum Gasteiger partial charge on any atom is -0.346 e. The van der Waals surface area contributed by atoms with Crippen LogP contribution in [-0.4, -0.2) is 28.8 Å². The number of amides is 1. The normalized spacial score (nSPS) is 10.7. The summed E-state index contributed by atoms with van der Waals surface area (Å²) >= 11 is 1.16. The van der Waals surface area contributed by atoms with Gasteiger partial charge in [-0.1, -0.05) is 0 Å². The van der Waals surface area contributed by atoms with Gasteiger partial charge >= 0.3 is 0 Å². The molecule has 0 fully saturated rings. The number of carbonyl (C=O) groups excluding carboxylic acids is 1. The molecule has 0 saturated carbocycles. The molecule has 0 radical (unpaired) electrons. The van der Waals surface area contributed by atoms with Gasteiger partial charge in [-0.15, -0.1) is 11.3 Å². The summed E-state index contributed by atoms with van der Waals surface area (Å²) in [4.78, 5) is 20.3. The summed E-state index contributed by atoms with van der Waals surface area (Å²) < 4.78 is 24.1. The third-order valence-corrected chi connectivity index (χ3v) is 3.53. The second-order valence-electron chi connectivity index (χ2n) is 3.78. The van der Waals surface area contributed by atoms with E-state index in [1.807, 2.05) is 6.07 Å². The maximum absolute atomic E-state index is 12.0. The van der Waals surface area contributed by atoms with Gasteiger partial charge in [0.25, 0.3) is 12.3 Å². The molecule has 0 saturated heterocycles. The van der Waals surface area contributed by atoms with E-state index in [0.29, 0.717) is 15.6 Å². The second kappa shape index (κ2) is 5.83. The Labute approximate surface area is 112 Å². The van der Waals surface area contributed by atoms with Gasteiger partial charge in [0.1, 0.15) is 9.88 Å². The van der Waals surface area contributed by atoms with Crippen LogP contribution < -0.4 is 5.32 Å². The Morgan fingerprint density at radius 3 is 2.95 bits per heavy atom. The molecular formula is C12H11F2N3OS. The summed E-state index contributed by atoms with van der Waals surface area (Å²) in [6.07, 6.45) is 0.717. The van der Waals surface area contributed by atoms with Crippen molar-refractivity contribution in [2.24, 2.45) is 0 Å². The molecule has 0 aromatic carbocycles. The Morgan fingerprint density at radius 2 is 2.32 bits per heavy atom. The monoisotopic (exact) mass is 283 g/mol. The summed E-state index contributed by atoms with van der Waals surface area (Å²) in [5.74, 6) is -0.523. The first-order chi connectivity index (χ1) is 9.08. The Bertz CT molecular complexity index is 572. The van der Waals surface area contributed by atoms with Crippen LogP contribution in [0, 0.1) is 6.92 Å². The van der Waals surface area contributed by atoms with Gasteiger partial charge in [0.2, 0.25) is 0 Å². The van der Waals surface area contributed by atoms with Gasteiger partial charge < -0.3 is 5.32 Å². The fourth-order valence-corrected chi connectivity index (χ4v) is 2.44. The van der Waals surface area contributed by atoms with Gasteiger partial charge in [-0.3, -0.25) is 9.78 Å². The van der Waals surface area contributed by atoms with Crippen molar-refractivity contribution in [2.75, 3.05) is 6.54 Å². The van der Waals surface area contributed by atoms with Crippen LogP contribution in [0.2, 0.25) is 0 Å². The largest absolute Gasteiger partial charge is 0.346 e. The zero-order valence-electron chi connectivity index (χ0n) is 10.1. The second-order valence-corrected chi connectivity index (χ2v) is 4.78. The van der Waals surface area contributed by atoms with Crippen LogP contribution in [0.4, 0.5) is 8.78 Å². The van der Waals surface area contributed by atoms with E-state index in [1.54, 1.807) is 25.4 Å². The van der Waals surface area contributed by atoms with Crippen LogP contribution >= 0.6 is 11.3 Å². The third kappa shape index (κ3) is 3.31. The van der Waals surface area contributed by atoms with E-state index >= 15 is 0 Å². The molecule has 0 spiro atoms. The SMILES string of the molecule is Cc1nc(-c2cccnc2)sc1C(=O)NCC(F)F. The summed E-state index contributed by atoms with van der Waals surface area (Å²) in [6.45, 7) is 1.02. The molecule has 2 aromatic heterocycles. The zero-order valence-corrected chi connectivity index (χ0v) is 10.9. The summed E-state index contributed by atoms with van der Waals surface area (Å²) in [5.41, 5.74) is 1.32. The van der Waals surface area contributed by atoms with E-state index in [0.717, 1.165) is 16.9 Å². The first kappa shape index (κ1) is 13.5. The zero-order chi connectivity index (χ0) is 13.8. The average Bonchev–Trinajstić information content (AvgIpc) is 2.79. The molecule has 7 heteroatoms. The number of nitrogens with one attached hydrogen (secondary N) is 1. The van der Waals surface area contributed by atoms with Crippen LogP contribution in [0.3, 0.4) is 0 Å². The van der Waals surface area contributed by atoms with Crippen LogP contribution in [-0.2, 0) is 0 Å². The van der Waals surface area contributed by atoms with Crippen LogP contribution in [0.1, 0.15) is 15.4 Å². The van der Waals surface area contributed by atoms with E-state index in [-0.39, 0.29) is 0 Å². The number of thiazole rings is 1. The molecule has 1 amide bonds. The quantitative estimate of drug-likeness (QED) is 0.938. The fourth-order valence-electron chi connectivity index (χ4n) is 1.47. The van der Waals surface area contributed by atoms with Gasteiger partial charge in [0.15, 0.2) is 0 Å². The third-order valence-electron chi connectivity index (χ3n) is 2.33. The highest BCUT2D eigenvalue weighted by molar-refractivity contribution is 7.17. The smallest absolute Gasteiger partial charge is 0.263 e. The molecule has 2 rings (SSSR count). The standard InChI is InChI=1S/C12H11F2N3OS/c1-7-10(11(18)16-6-9(13)14)19-12(17-7)8-3-2-4-15-5-8/h2-5,9H,6H2,1H3,(H,16,18). The minimum absolute atomic E-state index is 0.347. The fraction of sp³-hybridized carbons (Fsp3) is 0.250. The molecule has 100 valence electrons. The van der Waals surface area contributed by atoms with Crippen molar-refractivity contribution >= 4 is 17.2 Å². The first-order valence-corrected chi connectivity index (χ1v) is 6.33. The number of pyridine rings is 1. The first-order valence-electron chi connectivity index (χ1n) is 5.52. The molecule has 0 atom stereocenters. The highest BCUT2D eigenvalue weighted by atomic mass is 32.1. The van der Waals surface area contributed by atoms with Crippen LogP contribution in [0.5, 0.6) is 0 Å². The van der Waals surface area contributed by atoms with Crippen molar-refractivity contribution in [3.8, 4) is 10.6 Å². The van der Waals surface area contributed by atoms with Crippen molar-refractivity contribution in [3.05, 3.63) is 35.1 Å². The summed E-state index contributed by atoms with van der Waals surface area (Å²) in [6, 6.07) is 3.59. The molecule has 0 aliphatic heterocycles. The van der Waals surface area contributed by atoms with E-state index in [1.165, 1.54) is 0 Å². The molecule has 4 nitrogen and oxygen atoms in total. The van der Waals surface area contributed by atoms with E-state index < -0.39 is 18.9 Å². The molecular weight excluding hydrogens is 272 g/mol. The Morgan fingerprint density at radius 1 is 1.53 bits per heavy atom. The number of alkyl halides is 2. The Kier molecular flexibility index (Phi) is 4.16. The van der Waals surface area contributed by atoms with Crippen molar-refractivity contribution in [1.29, 1.82) is 0 Å². The highest BCUT2D eigenvalue weighted by Crippen LogP contribution is 2.27. The van der Waals surface area contributed by atoms with Gasteiger partial charge in [0, 0.05) is 18.0 Å². The number of aromatic nitrogens is 2. The van der Waals surface area contributed by atoms with Gasteiger partial charge in [-0.2, -0.15) is 0 Å². The number of carbonyl (C=O) groups is 1. The maximum Gasteiger partial charge on any atom is 0.263 e. The lowest BCUT2D eigenvalue weighted by atomic mass is 10.3. The van der Waals surface area contributed by atoms with Crippen molar-refractivity contribution in [1.82, 2.24) is 15.3 Å². The lowest BCUT2D eigenvalue weighted by Gasteiger charge is -2.01. The molecule has 2 aromatic rings.